The molecule has 1 aromatic carbocycles. The number of carbonyl (C=O) groups excluding carboxylic acids is 3. The van der Waals surface area contributed by atoms with Gasteiger partial charge in [-0.1, -0.05) is 30.3 Å². The van der Waals surface area contributed by atoms with Gasteiger partial charge in [0.1, 0.15) is 6.04 Å². The molecule has 9 heteroatoms. The minimum atomic E-state index is -0.877. The third-order valence-corrected chi connectivity index (χ3v) is 3.99. The molecule has 2 rings (SSSR count). The summed E-state index contributed by atoms with van der Waals surface area (Å²) in [6.45, 7) is 0.241. The first-order valence-electron chi connectivity index (χ1n) is 8.69. The zero-order valence-corrected chi connectivity index (χ0v) is 15.9. The van der Waals surface area contributed by atoms with Crippen LogP contribution in [-0.4, -0.2) is 66.1 Å². The van der Waals surface area contributed by atoms with Crippen molar-refractivity contribution >= 4 is 17.8 Å². The second kappa shape index (κ2) is 10.8. The number of carbonyl (C=O) groups is 3. The van der Waals surface area contributed by atoms with Crippen molar-refractivity contribution in [1.29, 1.82) is 0 Å². The maximum atomic E-state index is 12.5. The van der Waals surface area contributed by atoms with Crippen LogP contribution in [-0.2, 0) is 36.8 Å². The lowest BCUT2D eigenvalue weighted by Gasteiger charge is -2.22. The molecule has 1 atom stereocenters. The van der Waals surface area contributed by atoms with Crippen molar-refractivity contribution in [3.8, 4) is 0 Å². The molecule has 0 saturated heterocycles. The Morgan fingerprint density at radius 2 is 1.89 bits per heavy atom. The molecule has 0 bridgehead atoms. The van der Waals surface area contributed by atoms with Gasteiger partial charge in [-0.05, 0) is 5.56 Å². The first-order valence-corrected chi connectivity index (χ1v) is 8.69. The fourth-order valence-electron chi connectivity index (χ4n) is 2.65. The normalized spacial score (nSPS) is 11.7. The molecule has 0 saturated carbocycles. The highest BCUT2D eigenvalue weighted by atomic mass is 16.5. The van der Waals surface area contributed by atoms with Crippen molar-refractivity contribution in [2.75, 3.05) is 27.3 Å². The summed E-state index contributed by atoms with van der Waals surface area (Å²) >= 11 is 0. The predicted molar refractivity (Wildman–Crippen MR) is 100.0 cm³/mol. The van der Waals surface area contributed by atoms with Gasteiger partial charge in [-0.3, -0.25) is 14.5 Å². The number of rotatable bonds is 10. The molecule has 9 nitrogen and oxygen atoms in total. The van der Waals surface area contributed by atoms with E-state index in [-0.39, 0.29) is 19.5 Å². The molecule has 28 heavy (non-hydrogen) atoms. The predicted octanol–water partition coefficient (Wildman–Crippen LogP) is 0.285. The first kappa shape index (κ1) is 21.1. The van der Waals surface area contributed by atoms with E-state index in [9.17, 15) is 14.4 Å². The van der Waals surface area contributed by atoms with Crippen LogP contribution in [0.4, 0.5) is 0 Å². The van der Waals surface area contributed by atoms with Gasteiger partial charge in [0.15, 0.2) is 0 Å². The lowest BCUT2D eigenvalue weighted by Crippen LogP contribution is -2.47. The van der Waals surface area contributed by atoms with Gasteiger partial charge in [0.25, 0.3) is 0 Å². The molecule has 0 aliphatic rings. The molecule has 1 aromatic heterocycles. The van der Waals surface area contributed by atoms with Crippen LogP contribution in [0.3, 0.4) is 0 Å². The number of amides is 1. The van der Waals surface area contributed by atoms with E-state index >= 15 is 0 Å². The van der Waals surface area contributed by atoms with Gasteiger partial charge in [-0.25, -0.2) is 9.78 Å². The standard InChI is InChI=1S/C19H24N4O5/c1-27-18(25)12-23(10-14-6-4-3-5-7-14)11-17(24)22-16(19(26)28-2)8-15-9-20-13-21-15/h3-7,9,13,16H,8,10-12H2,1-2H3,(H,20,21)(H,22,24). The second-order valence-electron chi connectivity index (χ2n) is 6.11. The largest absolute Gasteiger partial charge is 0.468 e. The number of nitrogens with one attached hydrogen (secondary N) is 2. The number of methoxy groups -OCH3 is 2. The van der Waals surface area contributed by atoms with E-state index in [2.05, 4.69) is 15.3 Å². The third-order valence-electron chi connectivity index (χ3n) is 3.99. The van der Waals surface area contributed by atoms with Crippen LogP contribution >= 0.6 is 0 Å². The molecule has 0 radical (unpaired) electrons. The molecule has 2 N–H and O–H groups in total. The van der Waals surface area contributed by atoms with Crippen molar-refractivity contribution in [3.63, 3.8) is 0 Å². The van der Waals surface area contributed by atoms with Crippen LogP contribution in [0.1, 0.15) is 11.3 Å². The molecular formula is C19H24N4O5. The van der Waals surface area contributed by atoms with Crippen LogP contribution in [0, 0.1) is 0 Å². The number of aromatic amines is 1. The quantitative estimate of drug-likeness (QED) is 0.562. The van der Waals surface area contributed by atoms with E-state index in [0.29, 0.717) is 12.2 Å². The molecule has 0 aliphatic heterocycles. The van der Waals surface area contributed by atoms with Crippen LogP contribution in [0.2, 0.25) is 0 Å². The van der Waals surface area contributed by atoms with Gasteiger partial charge in [0.05, 0.1) is 39.3 Å². The van der Waals surface area contributed by atoms with Gasteiger partial charge >= 0.3 is 11.9 Å². The van der Waals surface area contributed by atoms with Gasteiger partial charge < -0.3 is 19.8 Å². The summed E-state index contributed by atoms with van der Waals surface area (Å²) in [6.07, 6.45) is 3.32. The Hall–Kier alpha value is -3.20. The first-order chi connectivity index (χ1) is 13.5. The topological polar surface area (TPSA) is 114 Å². The van der Waals surface area contributed by atoms with Crippen LogP contribution in [0.5, 0.6) is 0 Å². The Bertz CT molecular complexity index is 764. The molecular weight excluding hydrogens is 364 g/mol. The fraction of sp³-hybridized carbons (Fsp3) is 0.368. The number of imidazole rings is 1. The zero-order chi connectivity index (χ0) is 20.4. The summed E-state index contributed by atoms with van der Waals surface area (Å²) in [6, 6.07) is 8.56. The Balaban J connectivity index is 2.02. The average molecular weight is 388 g/mol. The summed E-state index contributed by atoms with van der Waals surface area (Å²) in [4.78, 5) is 44.7. The maximum absolute atomic E-state index is 12.5. The molecule has 150 valence electrons. The minimum absolute atomic E-state index is 0.0545. The zero-order valence-electron chi connectivity index (χ0n) is 15.9. The van der Waals surface area contributed by atoms with Crippen molar-refractivity contribution < 1.29 is 23.9 Å². The number of esters is 2. The number of H-pyrrole nitrogens is 1. The Labute approximate surface area is 163 Å². The molecule has 1 heterocycles. The summed E-state index contributed by atoms with van der Waals surface area (Å²) < 4.78 is 9.47. The lowest BCUT2D eigenvalue weighted by molar-refractivity contribution is -0.146. The van der Waals surface area contributed by atoms with Gasteiger partial charge in [0.2, 0.25) is 5.91 Å². The van der Waals surface area contributed by atoms with Crippen LogP contribution in [0.15, 0.2) is 42.9 Å². The molecule has 0 aliphatic carbocycles. The number of benzene rings is 1. The van der Waals surface area contributed by atoms with E-state index in [4.69, 9.17) is 9.47 Å². The molecule has 2 aromatic rings. The summed E-state index contributed by atoms with van der Waals surface area (Å²) in [5, 5.41) is 2.65. The smallest absolute Gasteiger partial charge is 0.328 e. The van der Waals surface area contributed by atoms with Gasteiger partial charge in [-0.15, -0.1) is 0 Å². The number of ether oxygens (including phenoxy) is 2. The van der Waals surface area contributed by atoms with E-state index in [1.54, 1.807) is 11.1 Å². The highest BCUT2D eigenvalue weighted by molar-refractivity contribution is 5.86. The summed E-state index contributed by atoms with van der Waals surface area (Å²) in [5.41, 5.74) is 1.56. The Morgan fingerprint density at radius 3 is 2.50 bits per heavy atom. The van der Waals surface area contributed by atoms with Crippen LogP contribution in [0.25, 0.3) is 0 Å². The van der Waals surface area contributed by atoms with Crippen molar-refractivity contribution in [1.82, 2.24) is 20.2 Å². The SMILES string of the molecule is COC(=O)CN(CC(=O)NC(Cc1c[nH]cn1)C(=O)OC)Cc1ccccc1. The monoisotopic (exact) mass is 388 g/mol. The lowest BCUT2D eigenvalue weighted by atomic mass is 10.1. The second-order valence-corrected chi connectivity index (χ2v) is 6.11. The van der Waals surface area contributed by atoms with Crippen molar-refractivity contribution in [3.05, 3.63) is 54.1 Å². The van der Waals surface area contributed by atoms with Crippen molar-refractivity contribution in [2.45, 2.75) is 19.0 Å². The Kier molecular flexibility index (Phi) is 8.16. The van der Waals surface area contributed by atoms with Crippen molar-refractivity contribution in [2.24, 2.45) is 0 Å². The summed E-state index contributed by atoms with van der Waals surface area (Å²) in [5.74, 6) is -1.44. The number of hydrogen-bond acceptors (Lipinski definition) is 7. The van der Waals surface area contributed by atoms with Crippen LogP contribution < -0.4 is 5.32 Å². The average Bonchev–Trinajstić information content (AvgIpc) is 3.20. The number of nitrogens with zero attached hydrogens (tertiary/aromatic N) is 2. The van der Waals surface area contributed by atoms with E-state index < -0.39 is 23.9 Å². The molecule has 1 amide bonds. The minimum Gasteiger partial charge on any atom is -0.468 e. The molecule has 0 fully saturated rings. The van der Waals surface area contributed by atoms with Gasteiger partial charge in [0, 0.05) is 19.2 Å². The highest BCUT2D eigenvalue weighted by Gasteiger charge is 2.24. The third kappa shape index (κ3) is 6.84. The molecule has 1 unspecified atom stereocenters. The highest BCUT2D eigenvalue weighted by Crippen LogP contribution is 2.05. The fourth-order valence-corrected chi connectivity index (χ4v) is 2.65. The van der Waals surface area contributed by atoms with Gasteiger partial charge in [-0.2, -0.15) is 0 Å². The van der Waals surface area contributed by atoms with E-state index in [0.717, 1.165) is 5.56 Å². The molecule has 0 spiro atoms. The Morgan fingerprint density at radius 1 is 1.14 bits per heavy atom. The van der Waals surface area contributed by atoms with E-state index in [1.807, 2.05) is 30.3 Å². The number of aromatic nitrogens is 2. The number of hydrogen-bond donors (Lipinski definition) is 2. The van der Waals surface area contributed by atoms with E-state index in [1.165, 1.54) is 20.5 Å². The summed E-state index contributed by atoms with van der Waals surface area (Å²) in [7, 11) is 2.55. The maximum Gasteiger partial charge on any atom is 0.328 e.